The summed E-state index contributed by atoms with van der Waals surface area (Å²) in [6, 6.07) is 12.1. The Morgan fingerprint density at radius 1 is 1.08 bits per heavy atom. The Morgan fingerprint density at radius 3 is 2.68 bits per heavy atom. The molecule has 1 aliphatic rings. The predicted octanol–water partition coefficient (Wildman–Crippen LogP) is 4.17. The number of benzene rings is 2. The molecule has 2 aromatic carbocycles. The van der Waals surface area contributed by atoms with Crippen LogP contribution in [0.1, 0.15) is 36.5 Å². The number of unbranched alkanes of at least 4 members (excludes halogenated alkanes) is 2. The van der Waals surface area contributed by atoms with Gasteiger partial charge in [-0.15, -0.1) is 0 Å². The molecule has 0 fully saturated rings. The van der Waals surface area contributed by atoms with Crippen LogP contribution in [0.4, 0.5) is 5.69 Å². The van der Waals surface area contributed by atoms with E-state index in [2.05, 4.69) is 12.4 Å². The van der Waals surface area contributed by atoms with E-state index < -0.39 is 5.97 Å². The lowest BCUT2D eigenvalue weighted by molar-refractivity contribution is 0.0596. The molecule has 132 valence electrons. The maximum Gasteiger partial charge on any atom is 0.362 e. The topological polar surface area (TPSA) is 66.0 Å². The number of ether oxygens (including phenoxy) is 3. The number of hydrogen-bond acceptors (Lipinski definition) is 6. The lowest BCUT2D eigenvalue weighted by Gasteiger charge is -2.09. The number of hydrogen-bond donors (Lipinski definition) is 1. The highest BCUT2D eigenvalue weighted by Gasteiger charge is 2.14. The molecule has 0 saturated carbocycles. The summed E-state index contributed by atoms with van der Waals surface area (Å²) < 4.78 is 16.1. The van der Waals surface area contributed by atoms with Gasteiger partial charge in [0.25, 0.3) is 0 Å². The van der Waals surface area contributed by atoms with Gasteiger partial charge in [0.2, 0.25) is 6.79 Å². The molecule has 1 N–H and O–H groups in total. The summed E-state index contributed by atoms with van der Waals surface area (Å²) in [6.45, 7) is 3.03. The molecule has 0 atom stereocenters. The zero-order valence-electron chi connectivity index (χ0n) is 14.1. The van der Waals surface area contributed by atoms with Gasteiger partial charge in [0.05, 0.1) is 17.9 Å². The van der Waals surface area contributed by atoms with Crippen molar-refractivity contribution < 1.29 is 23.8 Å². The normalized spacial score (nSPS) is 11.9. The monoisotopic (exact) mass is 343 g/mol. The Morgan fingerprint density at radius 2 is 1.88 bits per heavy atom. The lowest BCUT2D eigenvalue weighted by Crippen LogP contribution is -2.10. The maximum atomic E-state index is 12.1. The standard InChI is InChI=1S/C19H21NO5/c1-2-3-4-11-22-16-8-5-14(6-9-16)19(21)25-20-15-7-10-17-18(12-15)24-13-23-17/h5-10,12,20H,2-4,11,13H2,1H3. The third kappa shape index (κ3) is 4.56. The molecule has 0 saturated heterocycles. The maximum absolute atomic E-state index is 12.1. The van der Waals surface area contributed by atoms with Crippen LogP contribution in [0, 0.1) is 0 Å². The SMILES string of the molecule is CCCCCOc1ccc(C(=O)ONc2ccc3c(c2)OCO3)cc1. The minimum Gasteiger partial charge on any atom is -0.494 e. The summed E-state index contributed by atoms with van der Waals surface area (Å²) in [5.74, 6) is 1.56. The van der Waals surface area contributed by atoms with Crippen LogP contribution in [-0.2, 0) is 4.84 Å². The number of anilines is 1. The summed E-state index contributed by atoms with van der Waals surface area (Å²) >= 11 is 0. The molecular weight excluding hydrogens is 322 g/mol. The molecule has 6 heteroatoms. The summed E-state index contributed by atoms with van der Waals surface area (Å²) in [4.78, 5) is 17.2. The van der Waals surface area contributed by atoms with Crippen LogP contribution < -0.4 is 19.7 Å². The Kier molecular flexibility index (Phi) is 5.61. The fourth-order valence-corrected chi connectivity index (χ4v) is 2.35. The first-order valence-electron chi connectivity index (χ1n) is 8.36. The van der Waals surface area contributed by atoms with Crippen molar-refractivity contribution in [3.8, 4) is 17.2 Å². The van der Waals surface area contributed by atoms with Gasteiger partial charge in [-0.3, -0.25) is 0 Å². The summed E-state index contributed by atoms with van der Waals surface area (Å²) in [5.41, 5.74) is 3.66. The van der Waals surface area contributed by atoms with Crippen molar-refractivity contribution in [2.24, 2.45) is 0 Å². The second-order valence-corrected chi connectivity index (χ2v) is 5.64. The van der Waals surface area contributed by atoms with Crippen LogP contribution in [0.15, 0.2) is 42.5 Å². The summed E-state index contributed by atoms with van der Waals surface area (Å²) in [5, 5.41) is 0. The molecule has 0 bridgehead atoms. The van der Waals surface area contributed by atoms with Crippen molar-refractivity contribution in [3.63, 3.8) is 0 Å². The number of fused-ring (bicyclic) bond motifs is 1. The molecule has 3 rings (SSSR count). The van der Waals surface area contributed by atoms with E-state index in [1.54, 1.807) is 42.5 Å². The third-order valence-electron chi connectivity index (χ3n) is 3.74. The minimum atomic E-state index is -0.477. The average molecular weight is 343 g/mol. The van der Waals surface area contributed by atoms with Crippen molar-refractivity contribution in [2.75, 3.05) is 18.9 Å². The average Bonchev–Trinajstić information content (AvgIpc) is 3.11. The molecule has 0 aliphatic carbocycles. The van der Waals surface area contributed by atoms with E-state index in [0.717, 1.165) is 25.0 Å². The van der Waals surface area contributed by atoms with E-state index in [4.69, 9.17) is 19.0 Å². The molecule has 25 heavy (non-hydrogen) atoms. The van der Waals surface area contributed by atoms with Crippen LogP contribution >= 0.6 is 0 Å². The van der Waals surface area contributed by atoms with E-state index in [0.29, 0.717) is 29.4 Å². The van der Waals surface area contributed by atoms with Crippen LogP contribution in [0.2, 0.25) is 0 Å². The molecule has 0 radical (unpaired) electrons. The summed E-state index contributed by atoms with van der Waals surface area (Å²) in [7, 11) is 0. The quantitative estimate of drug-likeness (QED) is 0.573. The Bertz CT molecular complexity index is 714. The Hall–Kier alpha value is -2.89. The van der Waals surface area contributed by atoms with Gasteiger partial charge in [0.15, 0.2) is 11.5 Å². The van der Waals surface area contributed by atoms with E-state index >= 15 is 0 Å². The van der Waals surface area contributed by atoms with E-state index in [-0.39, 0.29) is 6.79 Å². The number of carbonyl (C=O) groups is 1. The van der Waals surface area contributed by atoms with Gasteiger partial charge in [-0.25, -0.2) is 10.3 Å². The van der Waals surface area contributed by atoms with Gasteiger partial charge in [-0.05, 0) is 42.8 Å². The number of nitrogens with one attached hydrogen (secondary N) is 1. The van der Waals surface area contributed by atoms with E-state index in [1.807, 2.05) is 0 Å². The van der Waals surface area contributed by atoms with E-state index in [1.165, 1.54) is 0 Å². The van der Waals surface area contributed by atoms with E-state index in [9.17, 15) is 4.79 Å². The largest absolute Gasteiger partial charge is 0.494 e. The molecule has 0 unspecified atom stereocenters. The second kappa shape index (κ2) is 8.28. The van der Waals surface area contributed by atoms with Gasteiger partial charge < -0.3 is 19.0 Å². The van der Waals surface area contributed by atoms with Crippen molar-refractivity contribution >= 4 is 11.7 Å². The predicted molar refractivity (Wildman–Crippen MR) is 93.1 cm³/mol. The molecule has 6 nitrogen and oxygen atoms in total. The van der Waals surface area contributed by atoms with Crippen molar-refractivity contribution in [2.45, 2.75) is 26.2 Å². The molecule has 1 heterocycles. The van der Waals surface area contributed by atoms with Crippen LogP contribution in [0.5, 0.6) is 17.2 Å². The third-order valence-corrected chi connectivity index (χ3v) is 3.74. The number of carbonyl (C=O) groups excluding carboxylic acids is 1. The van der Waals surface area contributed by atoms with Crippen molar-refractivity contribution in [1.29, 1.82) is 0 Å². The molecule has 2 aromatic rings. The molecular formula is C19H21NO5. The fraction of sp³-hybridized carbons (Fsp3) is 0.316. The molecule has 0 spiro atoms. The smallest absolute Gasteiger partial charge is 0.362 e. The van der Waals surface area contributed by atoms with Gasteiger partial charge in [-0.1, -0.05) is 19.8 Å². The lowest BCUT2D eigenvalue weighted by atomic mass is 10.2. The highest BCUT2D eigenvalue weighted by Crippen LogP contribution is 2.34. The minimum absolute atomic E-state index is 0.200. The first-order valence-corrected chi connectivity index (χ1v) is 8.36. The van der Waals surface area contributed by atoms with Crippen molar-refractivity contribution in [3.05, 3.63) is 48.0 Å². The van der Waals surface area contributed by atoms with Gasteiger partial charge in [0.1, 0.15) is 5.75 Å². The van der Waals surface area contributed by atoms with Gasteiger partial charge >= 0.3 is 5.97 Å². The molecule has 0 amide bonds. The fourth-order valence-electron chi connectivity index (χ4n) is 2.35. The highest BCUT2D eigenvalue weighted by atomic mass is 16.7. The Balaban J connectivity index is 1.49. The first-order chi connectivity index (χ1) is 12.3. The van der Waals surface area contributed by atoms with Gasteiger partial charge in [0, 0.05) is 6.07 Å². The van der Waals surface area contributed by atoms with Gasteiger partial charge in [-0.2, -0.15) is 0 Å². The first kappa shape index (κ1) is 17.0. The number of rotatable bonds is 8. The molecule has 0 aromatic heterocycles. The second-order valence-electron chi connectivity index (χ2n) is 5.64. The highest BCUT2D eigenvalue weighted by molar-refractivity contribution is 5.90. The summed E-state index contributed by atoms with van der Waals surface area (Å²) in [6.07, 6.45) is 3.33. The zero-order chi connectivity index (χ0) is 17.5. The van der Waals surface area contributed by atoms with Crippen molar-refractivity contribution in [1.82, 2.24) is 0 Å². The molecule has 1 aliphatic heterocycles. The zero-order valence-corrected chi connectivity index (χ0v) is 14.1. The van der Waals surface area contributed by atoms with Crippen LogP contribution in [0.3, 0.4) is 0 Å². The Labute approximate surface area is 146 Å². The van der Waals surface area contributed by atoms with Crippen LogP contribution in [-0.4, -0.2) is 19.4 Å². The van der Waals surface area contributed by atoms with Crippen LogP contribution in [0.25, 0.3) is 0 Å².